The van der Waals surface area contributed by atoms with Crippen molar-refractivity contribution in [3.05, 3.63) is 58.6 Å². The Morgan fingerprint density at radius 3 is 1.51 bits per heavy atom. The number of benzene rings is 2. The van der Waals surface area contributed by atoms with Gasteiger partial charge in [0.05, 0.1) is 15.0 Å². The van der Waals surface area contributed by atoms with E-state index in [0.29, 0.717) is 58.5 Å². The highest BCUT2D eigenvalue weighted by Crippen LogP contribution is 2.31. The fourth-order valence-corrected chi connectivity index (χ4v) is 8.86. The summed E-state index contributed by atoms with van der Waals surface area (Å²) in [6.07, 6.45) is 8.14. The molecule has 4 fully saturated rings. The molecular formula is C29H36Cl4N2O6S2. The number of halogens is 4. The van der Waals surface area contributed by atoms with Crippen molar-refractivity contribution < 1.29 is 26.4 Å². The number of hydrogen-bond acceptors (Lipinski definition) is 8. The molecule has 4 bridgehead atoms. The van der Waals surface area contributed by atoms with Crippen molar-refractivity contribution in [2.45, 2.75) is 103 Å². The van der Waals surface area contributed by atoms with Gasteiger partial charge in [-0.1, -0.05) is 29.6 Å². The number of carbonyl (C=O) groups is 2. The number of Topliss-reactive ketones (excluding diaryl/α,β-unsaturated/α-hetero) is 2. The van der Waals surface area contributed by atoms with Crippen molar-refractivity contribution in [1.29, 1.82) is 0 Å². The summed E-state index contributed by atoms with van der Waals surface area (Å²) in [6.45, 7) is 0. The number of ketones is 2. The summed E-state index contributed by atoms with van der Waals surface area (Å²) in [5, 5.41) is 7.45. The van der Waals surface area contributed by atoms with Gasteiger partial charge in [0.15, 0.2) is 9.84 Å². The first-order chi connectivity index (χ1) is 19.8. The number of hydrogen-bond donors (Lipinski definition) is 2. The van der Waals surface area contributed by atoms with E-state index in [2.05, 4.69) is 10.6 Å². The molecule has 0 radical (unpaired) electrons. The van der Waals surface area contributed by atoms with Gasteiger partial charge in [0.1, 0.15) is 11.6 Å². The number of carbonyl (C=O) groups excluding carboxylic acids is 2. The maximum absolute atomic E-state index is 12.8. The monoisotopic (exact) mass is 712 g/mol. The van der Waals surface area contributed by atoms with Gasteiger partial charge in [-0.05, 0) is 80.6 Å². The number of rotatable bonds is 3. The predicted octanol–water partition coefficient (Wildman–Crippen LogP) is 5.91. The highest BCUT2D eigenvalue weighted by Gasteiger charge is 2.37. The standard InChI is InChI=1S/C15H18ClNO3S.C8H13NO.C6H4Cl2O2S.ClH/c16-10-1-4-14(5-2-10)21(19,20)15-6-3-11-7-13(18)8-12(9-15)17-11;10-8-4-6-2-1-3-7(5-8)9-6;7-5-1-3-6(4-2-5)11(8,9)10;/h1-2,4-5,11-12,15,17H,3,6-9H2;6-7,9H,1-5H2;1-4H;1H. The first-order valence-corrected chi connectivity index (χ1v) is 18.7. The molecule has 8 nitrogen and oxygen atoms in total. The minimum atomic E-state index is -3.61. The minimum Gasteiger partial charge on any atom is -0.310 e. The van der Waals surface area contributed by atoms with Gasteiger partial charge in [-0.2, -0.15) is 0 Å². The van der Waals surface area contributed by atoms with Crippen molar-refractivity contribution in [2.75, 3.05) is 0 Å². The van der Waals surface area contributed by atoms with Crippen LogP contribution >= 0.6 is 46.3 Å². The number of sulfone groups is 1. The molecular weight excluding hydrogens is 678 g/mol. The van der Waals surface area contributed by atoms with Crippen LogP contribution in [0.5, 0.6) is 0 Å². The molecule has 4 heterocycles. The highest BCUT2D eigenvalue weighted by atomic mass is 35.7. The molecule has 2 aromatic rings. The summed E-state index contributed by atoms with van der Waals surface area (Å²) in [7, 11) is -1.93. The maximum atomic E-state index is 12.8. The predicted molar refractivity (Wildman–Crippen MR) is 172 cm³/mol. The van der Waals surface area contributed by atoms with Gasteiger partial charge >= 0.3 is 0 Å². The van der Waals surface area contributed by atoms with Gasteiger partial charge in [-0.25, -0.2) is 16.8 Å². The van der Waals surface area contributed by atoms with Crippen LogP contribution in [0.2, 0.25) is 10.0 Å². The van der Waals surface area contributed by atoms with Gasteiger partial charge in [-0.15, -0.1) is 12.4 Å². The van der Waals surface area contributed by atoms with Crippen LogP contribution in [0.3, 0.4) is 0 Å². The number of nitrogens with one attached hydrogen (secondary N) is 2. The molecule has 43 heavy (non-hydrogen) atoms. The van der Waals surface area contributed by atoms with Crippen LogP contribution in [0.4, 0.5) is 0 Å². The molecule has 0 aromatic heterocycles. The van der Waals surface area contributed by atoms with Crippen LogP contribution in [-0.4, -0.2) is 57.8 Å². The molecule has 5 unspecified atom stereocenters. The normalized spacial score (nSPS) is 26.8. The van der Waals surface area contributed by atoms with Crippen molar-refractivity contribution in [2.24, 2.45) is 0 Å². The van der Waals surface area contributed by atoms with Crippen LogP contribution < -0.4 is 10.6 Å². The van der Waals surface area contributed by atoms with Gasteiger partial charge < -0.3 is 10.6 Å². The van der Waals surface area contributed by atoms with E-state index in [0.717, 1.165) is 19.3 Å². The van der Waals surface area contributed by atoms with E-state index in [9.17, 15) is 26.4 Å². The third-order valence-electron chi connectivity index (χ3n) is 8.00. The minimum absolute atomic E-state index is 0. The Labute approximate surface area is 274 Å². The van der Waals surface area contributed by atoms with E-state index in [-0.39, 0.29) is 35.2 Å². The summed E-state index contributed by atoms with van der Waals surface area (Å²) >= 11 is 11.3. The fraction of sp³-hybridized carbons (Fsp3) is 0.517. The van der Waals surface area contributed by atoms with Crippen LogP contribution in [-0.2, 0) is 28.5 Å². The molecule has 238 valence electrons. The third-order valence-corrected chi connectivity index (χ3v) is 12.1. The second-order valence-corrected chi connectivity index (χ2v) is 16.9. The molecule has 14 heteroatoms. The van der Waals surface area contributed by atoms with E-state index >= 15 is 0 Å². The van der Waals surface area contributed by atoms with Crippen molar-refractivity contribution >= 4 is 76.7 Å². The van der Waals surface area contributed by atoms with Gasteiger partial charge in [0.25, 0.3) is 9.05 Å². The zero-order valence-corrected chi connectivity index (χ0v) is 28.1. The Morgan fingerprint density at radius 2 is 1.02 bits per heavy atom. The topological polar surface area (TPSA) is 126 Å². The van der Waals surface area contributed by atoms with Gasteiger partial charge in [0, 0.05) is 70.6 Å². The van der Waals surface area contributed by atoms with E-state index in [4.69, 9.17) is 33.9 Å². The number of piperidine rings is 3. The lowest BCUT2D eigenvalue weighted by Gasteiger charge is -2.34. The average molecular weight is 715 g/mol. The Bertz CT molecular complexity index is 1460. The molecule has 0 aliphatic carbocycles. The first-order valence-electron chi connectivity index (χ1n) is 14.0. The molecule has 2 aromatic carbocycles. The molecule has 4 aliphatic heterocycles. The zero-order valence-electron chi connectivity index (χ0n) is 23.4. The molecule has 0 amide bonds. The van der Waals surface area contributed by atoms with Crippen molar-refractivity contribution in [3.8, 4) is 0 Å². The fourth-order valence-electron chi connectivity index (χ4n) is 6.00. The lowest BCUT2D eigenvalue weighted by Crippen LogP contribution is -2.48. The zero-order chi connectivity index (χ0) is 30.5. The quantitative estimate of drug-likeness (QED) is 0.377. The third kappa shape index (κ3) is 10.7. The largest absolute Gasteiger partial charge is 0.310 e. The summed E-state index contributed by atoms with van der Waals surface area (Å²) in [6, 6.07) is 13.2. The van der Waals surface area contributed by atoms with E-state index in [1.807, 2.05) is 0 Å². The first kappa shape index (κ1) is 36.2. The van der Waals surface area contributed by atoms with Crippen molar-refractivity contribution in [1.82, 2.24) is 10.6 Å². The van der Waals surface area contributed by atoms with Crippen LogP contribution in [0.25, 0.3) is 0 Å². The molecule has 0 saturated carbocycles. The van der Waals surface area contributed by atoms with Crippen LogP contribution in [0.15, 0.2) is 58.3 Å². The molecule has 4 aliphatic rings. The summed E-state index contributed by atoms with van der Waals surface area (Å²) in [4.78, 5) is 23.1. The Morgan fingerprint density at radius 1 is 0.605 bits per heavy atom. The second-order valence-electron chi connectivity index (χ2n) is 11.3. The van der Waals surface area contributed by atoms with Gasteiger partial charge in [-0.3, -0.25) is 9.59 Å². The Kier molecular flexibility index (Phi) is 13.4. The van der Waals surface area contributed by atoms with E-state index < -0.39 is 24.1 Å². The van der Waals surface area contributed by atoms with Crippen LogP contribution in [0.1, 0.15) is 64.2 Å². The lowest BCUT2D eigenvalue weighted by atomic mass is 9.86. The summed E-state index contributed by atoms with van der Waals surface area (Å²) in [5.74, 6) is 0.710. The molecule has 6 rings (SSSR count). The van der Waals surface area contributed by atoms with E-state index in [1.54, 1.807) is 24.3 Å². The van der Waals surface area contributed by atoms with Crippen LogP contribution in [0, 0.1) is 0 Å². The smallest absolute Gasteiger partial charge is 0.261 e. The highest BCUT2D eigenvalue weighted by molar-refractivity contribution is 8.13. The molecule has 0 spiro atoms. The molecule has 2 N–H and O–H groups in total. The lowest BCUT2D eigenvalue weighted by molar-refractivity contribution is -0.122. The summed E-state index contributed by atoms with van der Waals surface area (Å²) < 4.78 is 46.9. The number of fused-ring (bicyclic) bond motifs is 4. The second kappa shape index (κ2) is 15.9. The SMILES string of the molecule is Cl.O=C1CC2CCC(S(=O)(=O)c3ccc(Cl)cc3)CC(C1)N2.O=C1CC2CCCC(C1)N2.O=S(=O)(Cl)c1ccc(Cl)cc1. The Balaban J connectivity index is 0.000000194. The van der Waals surface area contributed by atoms with Gasteiger partial charge in [0.2, 0.25) is 0 Å². The van der Waals surface area contributed by atoms with E-state index in [1.165, 1.54) is 43.5 Å². The molecule has 4 saturated heterocycles. The Hall–Kier alpha value is -1.24. The molecule has 5 atom stereocenters. The van der Waals surface area contributed by atoms with Crippen molar-refractivity contribution in [3.63, 3.8) is 0 Å². The average Bonchev–Trinajstić information content (AvgIpc) is 3.07. The maximum Gasteiger partial charge on any atom is 0.261 e. The summed E-state index contributed by atoms with van der Waals surface area (Å²) in [5.41, 5.74) is 0.